The van der Waals surface area contributed by atoms with Crippen molar-refractivity contribution in [2.75, 3.05) is 19.8 Å². The van der Waals surface area contributed by atoms with Crippen molar-refractivity contribution in [2.24, 2.45) is 0 Å². The summed E-state index contributed by atoms with van der Waals surface area (Å²) >= 11 is 0. The van der Waals surface area contributed by atoms with Crippen LogP contribution in [0.2, 0.25) is 0 Å². The number of nitrogens with one attached hydrogen (secondary N) is 3. The molecule has 1 unspecified atom stereocenters. The molecule has 25 heavy (non-hydrogen) atoms. The normalized spacial score (nSPS) is 26.2. The molecule has 2 aliphatic rings. The third-order valence-corrected chi connectivity index (χ3v) is 5.35. The van der Waals surface area contributed by atoms with E-state index in [2.05, 4.69) is 48.5 Å². The van der Waals surface area contributed by atoms with E-state index in [9.17, 15) is 4.39 Å². The van der Waals surface area contributed by atoms with Gasteiger partial charge in [0.25, 0.3) is 0 Å². The van der Waals surface area contributed by atoms with Crippen LogP contribution in [0.3, 0.4) is 0 Å². The highest BCUT2D eigenvalue weighted by Gasteiger charge is 2.40. The fourth-order valence-corrected chi connectivity index (χ4v) is 4.64. The summed E-state index contributed by atoms with van der Waals surface area (Å²) < 4.78 is 13.3. The molecule has 2 fully saturated rings. The van der Waals surface area contributed by atoms with Gasteiger partial charge in [0.15, 0.2) is 0 Å². The Morgan fingerprint density at radius 3 is 2.28 bits per heavy atom. The lowest BCUT2D eigenvalue weighted by Gasteiger charge is -2.50. The van der Waals surface area contributed by atoms with Gasteiger partial charge in [-0.15, -0.1) is 0 Å². The van der Waals surface area contributed by atoms with Gasteiger partial charge in [0.05, 0.1) is 0 Å². The standard InChI is InChI=1S/C20H33FN4/c1-19(2)9-18(10-20(3,4)24-19)25(13-17-11-22-14-23-17)12-15-5-7-16(21)8-6-15/h5-8,17-18,22-24H,9-14H2,1-4H3. The van der Waals surface area contributed by atoms with Crippen LogP contribution in [0.4, 0.5) is 4.39 Å². The number of hydrogen-bond donors (Lipinski definition) is 3. The van der Waals surface area contributed by atoms with E-state index < -0.39 is 0 Å². The minimum Gasteiger partial charge on any atom is -0.307 e. The summed E-state index contributed by atoms with van der Waals surface area (Å²) in [6.07, 6.45) is 2.25. The van der Waals surface area contributed by atoms with Gasteiger partial charge in [-0.1, -0.05) is 12.1 Å². The highest BCUT2D eigenvalue weighted by atomic mass is 19.1. The summed E-state index contributed by atoms with van der Waals surface area (Å²) in [6, 6.07) is 7.96. The molecule has 0 radical (unpaired) electrons. The molecule has 1 atom stereocenters. The second-order valence-electron chi connectivity index (χ2n) is 9.04. The van der Waals surface area contributed by atoms with Crippen molar-refractivity contribution in [3.63, 3.8) is 0 Å². The van der Waals surface area contributed by atoms with Crippen LogP contribution < -0.4 is 16.0 Å². The van der Waals surface area contributed by atoms with E-state index >= 15 is 0 Å². The fraction of sp³-hybridized carbons (Fsp3) is 0.700. The van der Waals surface area contributed by atoms with Crippen LogP contribution in [0.15, 0.2) is 24.3 Å². The number of nitrogens with zero attached hydrogens (tertiary/aromatic N) is 1. The lowest BCUT2D eigenvalue weighted by Crippen LogP contribution is -2.62. The van der Waals surface area contributed by atoms with E-state index in [4.69, 9.17) is 0 Å². The van der Waals surface area contributed by atoms with Crippen LogP contribution >= 0.6 is 0 Å². The molecule has 2 aliphatic heterocycles. The summed E-state index contributed by atoms with van der Waals surface area (Å²) in [6.45, 7) is 13.0. The molecule has 0 amide bonds. The zero-order valence-electron chi connectivity index (χ0n) is 16.0. The van der Waals surface area contributed by atoms with Crippen molar-refractivity contribution < 1.29 is 4.39 Å². The van der Waals surface area contributed by atoms with Gasteiger partial charge in [-0.25, -0.2) is 4.39 Å². The monoisotopic (exact) mass is 348 g/mol. The third-order valence-electron chi connectivity index (χ3n) is 5.35. The van der Waals surface area contributed by atoms with Crippen LogP contribution in [0, 0.1) is 5.82 Å². The first kappa shape index (κ1) is 18.8. The molecule has 0 saturated carbocycles. The first-order valence-corrected chi connectivity index (χ1v) is 9.44. The number of hydrogen-bond acceptors (Lipinski definition) is 4. The van der Waals surface area contributed by atoms with E-state index in [-0.39, 0.29) is 16.9 Å². The number of piperidine rings is 1. The van der Waals surface area contributed by atoms with Crippen molar-refractivity contribution in [3.8, 4) is 0 Å². The minimum absolute atomic E-state index is 0.120. The summed E-state index contributed by atoms with van der Waals surface area (Å²) in [7, 11) is 0. The lowest BCUT2D eigenvalue weighted by molar-refractivity contribution is 0.0570. The topological polar surface area (TPSA) is 39.3 Å². The average molecular weight is 349 g/mol. The second kappa shape index (κ2) is 7.31. The summed E-state index contributed by atoms with van der Waals surface area (Å²) in [5, 5.41) is 10.7. The first-order valence-electron chi connectivity index (χ1n) is 9.44. The second-order valence-corrected chi connectivity index (χ2v) is 9.04. The SMILES string of the molecule is CC1(C)CC(N(Cc2ccc(F)cc2)CC2CNCN2)CC(C)(C)N1. The van der Waals surface area contributed by atoms with Crippen LogP contribution in [-0.2, 0) is 6.54 Å². The number of halogens is 1. The van der Waals surface area contributed by atoms with Crippen LogP contribution in [0.1, 0.15) is 46.1 Å². The maximum atomic E-state index is 13.3. The van der Waals surface area contributed by atoms with Crippen molar-refractivity contribution in [1.82, 2.24) is 20.9 Å². The summed E-state index contributed by atoms with van der Waals surface area (Å²) in [4.78, 5) is 2.60. The molecule has 0 bridgehead atoms. The van der Waals surface area contributed by atoms with Crippen LogP contribution in [-0.4, -0.2) is 47.8 Å². The molecule has 140 valence electrons. The molecule has 0 aromatic heterocycles. The molecule has 5 heteroatoms. The Balaban J connectivity index is 1.77. The van der Waals surface area contributed by atoms with Gasteiger partial charge in [-0.2, -0.15) is 0 Å². The molecular formula is C20H33FN4. The van der Waals surface area contributed by atoms with Crippen LogP contribution in [0.5, 0.6) is 0 Å². The van der Waals surface area contributed by atoms with Gasteiger partial charge in [0.1, 0.15) is 5.82 Å². The molecule has 0 aliphatic carbocycles. The van der Waals surface area contributed by atoms with E-state index in [1.54, 1.807) is 12.1 Å². The van der Waals surface area contributed by atoms with Crippen molar-refractivity contribution in [2.45, 2.75) is 70.2 Å². The van der Waals surface area contributed by atoms with Gasteiger partial charge < -0.3 is 10.6 Å². The van der Waals surface area contributed by atoms with Crippen LogP contribution in [0.25, 0.3) is 0 Å². The van der Waals surface area contributed by atoms with E-state index in [1.165, 1.54) is 5.56 Å². The largest absolute Gasteiger partial charge is 0.307 e. The molecule has 4 nitrogen and oxygen atoms in total. The van der Waals surface area contributed by atoms with E-state index in [0.717, 1.165) is 39.1 Å². The van der Waals surface area contributed by atoms with E-state index in [1.807, 2.05) is 12.1 Å². The molecule has 2 saturated heterocycles. The molecule has 2 heterocycles. The highest BCUT2D eigenvalue weighted by Crippen LogP contribution is 2.32. The van der Waals surface area contributed by atoms with Gasteiger partial charge in [0.2, 0.25) is 0 Å². The summed E-state index contributed by atoms with van der Waals surface area (Å²) in [5.74, 6) is -0.166. The Kier molecular flexibility index (Phi) is 5.49. The predicted octanol–water partition coefficient (Wildman–Crippen LogP) is 2.46. The molecular weight excluding hydrogens is 315 g/mol. The van der Waals surface area contributed by atoms with Gasteiger partial charge >= 0.3 is 0 Å². The fourth-order valence-electron chi connectivity index (χ4n) is 4.64. The molecule has 3 rings (SSSR count). The number of rotatable bonds is 5. The highest BCUT2D eigenvalue weighted by molar-refractivity contribution is 5.16. The van der Waals surface area contributed by atoms with Crippen molar-refractivity contribution >= 4 is 0 Å². The Bertz CT molecular complexity index is 548. The Morgan fingerprint density at radius 1 is 1.08 bits per heavy atom. The molecule has 1 aromatic rings. The zero-order valence-corrected chi connectivity index (χ0v) is 16.0. The van der Waals surface area contributed by atoms with Crippen molar-refractivity contribution in [3.05, 3.63) is 35.6 Å². The molecule has 0 spiro atoms. The van der Waals surface area contributed by atoms with E-state index in [0.29, 0.717) is 12.1 Å². The lowest BCUT2D eigenvalue weighted by atomic mass is 9.78. The molecule has 3 N–H and O–H groups in total. The summed E-state index contributed by atoms with van der Waals surface area (Å²) in [5.41, 5.74) is 1.42. The van der Waals surface area contributed by atoms with Crippen molar-refractivity contribution in [1.29, 1.82) is 0 Å². The third kappa shape index (κ3) is 5.23. The number of benzene rings is 1. The Hall–Kier alpha value is -1.01. The van der Waals surface area contributed by atoms with Gasteiger partial charge in [0, 0.05) is 49.5 Å². The predicted molar refractivity (Wildman–Crippen MR) is 101 cm³/mol. The Labute approximate surface area is 151 Å². The Morgan fingerprint density at radius 2 is 1.72 bits per heavy atom. The average Bonchev–Trinajstić information content (AvgIpc) is 2.98. The minimum atomic E-state index is -0.166. The van der Waals surface area contributed by atoms with Gasteiger partial charge in [-0.3, -0.25) is 10.2 Å². The molecule has 1 aromatic carbocycles. The smallest absolute Gasteiger partial charge is 0.123 e. The maximum Gasteiger partial charge on any atom is 0.123 e. The quantitative estimate of drug-likeness (QED) is 0.764. The zero-order chi connectivity index (χ0) is 18.1. The maximum absolute atomic E-state index is 13.3. The van der Waals surface area contributed by atoms with Gasteiger partial charge in [-0.05, 0) is 58.2 Å². The first-order chi connectivity index (χ1) is 11.7.